The molecule has 0 atom stereocenters. The van der Waals surface area contributed by atoms with Crippen LogP contribution in [-0.4, -0.2) is 56.6 Å². The number of anilines is 1. The van der Waals surface area contributed by atoms with Gasteiger partial charge in [0.15, 0.2) is 12.6 Å². The molecule has 0 aliphatic carbocycles. The number of nitrogens with zero attached hydrogens (tertiary/aromatic N) is 3. The number of benzene rings is 2. The quantitative estimate of drug-likeness (QED) is 0.523. The van der Waals surface area contributed by atoms with Crippen molar-refractivity contribution >= 4 is 17.6 Å². The number of nitrogens with one attached hydrogen (secondary N) is 1. The topological polar surface area (TPSA) is 83.2 Å². The number of carbonyl (C=O) groups is 1. The highest BCUT2D eigenvalue weighted by atomic mass is 19.4. The molecule has 7 nitrogen and oxygen atoms in total. The fraction of sp³-hybridized carbons (Fsp3) is 0.364. The number of amides is 1. The molecule has 0 spiro atoms. The SMILES string of the molecule is CN=C(NCc1cccc(OCC(N)=O)c1)N1CCN(c2cccc(C(F)(F)F)c2)CC1. The van der Waals surface area contributed by atoms with E-state index in [1.54, 1.807) is 19.2 Å². The van der Waals surface area contributed by atoms with E-state index >= 15 is 0 Å². The molecule has 2 aromatic carbocycles. The molecule has 3 rings (SSSR count). The first kappa shape index (κ1) is 23.2. The zero-order valence-electron chi connectivity index (χ0n) is 17.7. The molecule has 1 amide bonds. The highest BCUT2D eigenvalue weighted by Crippen LogP contribution is 2.31. The fourth-order valence-corrected chi connectivity index (χ4v) is 3.47. The highest BCUT2D eigenvalue weighted by Gasteiger charge is 2.31. The Hall–Kier alpha value is -3.43. The summed E-state index contributed by atoms with van der Waals surface area (Å²) in [6, 6.07) is 12.7. The van der Waals surface area contributed by atoms with Crippen LogP contribution in [0.5, 0.6) is 5.75 Å². The van der Waals surface area contributed by atoms with Gasteiger partial charge >= 0.3 is 6.18 Å². The zero-order valence-corrected chi connectivity index (χ0v) is 17.7. The predicted octanol–water partition coefficient (Wildman–Crippen LogP) is 2.47. The first-order valence-corrected chi connectivity index (χ1v) is 10.1. The second-order valence-electron chi connectivity index (χ2n) is 7.33. The number of carbonyl (C=O) groups excluding carboxylic acids is 1. The summed E-state index contributed by atoms with van der Waals surface area (Å²) in [6.07, 6.45) is -4.36. The average Bonchev–Trinajstić information content (AvgIpc) is 2.78. The van der Waals surface area contributed by atoms with Gasteiger partial charge in [-0.2, -0.15) is 13.2 Å². The smallest absolute Gasteiger partial charge is 0.416 e. The number of piperazine rings is 1. The van der Waals surface area contributed by atoms with E-state index in [2.05, 4.69) is 15.2 Å². The summed E-state index contributed by atoms with van der Waals surface area (Å²) in [5, 5.41) is 3.29. The van der Waals surface area contributed by atoms with E-state index in [1.165, 1.54) is 12.1 Å². The number of ether oxygens (including phenoxy) is 1. The van der Waals surface area contributed by atoms with Gasteiger partial charge in [0.1, 0.15) is 5.75 Å². The number of primary amides is 1. The molecule has 0 unspecified atom stereocenters. The summed E-state index contributed by atoms with van der Waals surface area (Å²) in [5.74, 6) is 0.711. The largest absolute Gasteiger partial charge is 0.484 e. The van der Waals surface area contributed by atoms with Gasteiger partial charge in [-0.05, 0) is 35.9 Å². The van der Waals surface area contributed by atoms with Gasteiger partial charge in [0.2, 0.25) is 0 Å². The van der Waals surface area contributed by atoms with Gasteiger partial charge < -0.3 is 25.6 Å². The number of aliphatic imine (C=N–C) groups is 1. The third-order valence-corrected chi connectivity index (χ3v) is 5.06. The summed E-state index contributed by atoms with van der Waals surface area (Å²) in [5.41, 5.74) is 5.96. The molecule has 3 N–H and O–H groups in total. The van der Waals surface area contributed by atoms with Gasteiger partial charge in [0.25, 0.3) is 5.91 Å². The second kappa shape index (κ2) is 10.3. The molecule has 0 saturated carbocycles. The Morgan fingerprint density at radius 3 is 2.50 bits per heavy atom. The lowest BCUT2D eigenvalue weighted by Gasteiger charge is -2.37. The molecule has 0 aromatic heterocycles. The van der Waals surface area contributed by atoms with E-state index in [4.69, 9.17) is 10.5 Å². The van der Waals surface area contributed by atoms with Crippen LogP contribution in [0.3, 0.4) is 0 Å². The third kappa shape index (κ3) is 6.29. The third-order valence-electron chi connectivity index (χ3n) is 5.06. The minimum absolute atomic E-state index is 0.186. The summed E-state index contributed by atoms with van der Waals surface area (Å²) in [4.78, 5) is 19.2. The van der Waals surface area contributed by atoms with E-state index in [0.29, 0.717) is 50.1 Å². The van der Waals surface area contributed by atoms with E-state index < -0.39 is 17.6 Å². The lowest BCUT2D eigenvalue weighted by Crippen LogP contribution is -2.52. The van der Waals surface area contributed by atoms with Gasteiger partial charge in [-0.1, -0.05) is 18.2 Å². The Bertz CT molecular complexity index is 957. The molecule has 1 aliphatic rings. The van der Waals surface area contributed by atoms with Crippen molar-refractivity contribution < 1.29 is 22.7 Å². The summed E-state index contributed by atoms with van der Waals surface area (Å²) in [6.45, 7) is 2.72. The van der Waals surface area contributed by atoms with Gasteiger partial charge in [0, 0.05) is 45.5 Å². The Morgan fingerprint density at radius 1 is 1.12 bits per heavy atom. The Labute approximate surface area is 184 Å². The van der Waals surface area contributed by atoms with E-state index in [0.717, 1.165) is 11.6 Å². The lowest BCUT2D eigenvalue weighted by atomic mass is 10.1. The molecule has 10 heteroatoms. The van der Waals surface area contributed by atoms with Crippen molar-refractivity contribution in [1.82, 2.24) is 10.2 Å². The van der Waals surface area contributed by atoms with Crippen LogP contribution in [0.4, 0.5) is 18.9 Å². The Balaban J connectivity index is 1.55. The summed E-state index contributed by atoms with van der Waals surface area (Å²) < 4.78 is 44.3. The Kier molecular flexibility index (Phi) is 7.45. The molecule has 1 saturated heterocycles. The van der Waals surface area contributed by atoms with Crippen molar-refractivity contribution in [2.45, 2.75) is 12.7 Å². The number of hydrogen-bond acceptors (Lipinski definition) is 4. The van der Waals surface area contributed by atoms with Crippen LogP contribution in [0.2, 0.25) is 0 Å². The number of guanidine groups is 1. The second-order valence-corrected chi connectivity index (χ2v) is 7.33. The van der Waals surface area contributed by atoms with Crippen LogP contribution in [0, 0.1) is 0 Å². The number of nitrogens with two attached hydrogens (primary N) is 1. The first-order chi connectivity index (χ1) is 15.3. The van der Waals surface area contributed by atoms with Crippen LogP contribution >= 0.6 is 0 Å². The molecule has 32 heavy (non-hydrogen) atoms. The van der Waals surface area contributed by atoms with Crippen LogP contribution in [-0.2, 0) is 17.5 Å². The fourth-order valence-electron chi connectivity index (χ4n) is 3.47. The van der Waals surface area contributed by atoms with Crippen molar-refractivity contribution in [1.29, 1.82) is 0 Å². The van der Waals surface area contributed by atoms with Crippen molar-refractivity contribution in [2.24, 2.45) is 10.7 Å². The molecule has 2 aromatic rings. The van der Waals surface area contributed by atoms with E-state index in [-0.39, 0.29) is 6.61 Å². The van der Waals surface area contributed by atoms with Gasteiger partial charge in [-0.3, -0.25) is 9.79 Å². The van der Waals surface area contributed by atoms with Crippen LogP contribution < -0.4 is 20.7 Å². The summed E-state index contributed by atoms with van der Waals surface area (Å²) in [7, 11) is 1.69. The van der Waals surface area contributed by atoms with Crippen molar-refractivity contribution in [3.05, 3.63) is 59.7 Å². The minimum Gasteiger partial charge on any atom is -0.484 e. The van der Waals surface area contributed by atoms with Crippen LogP contribution in [0.1, 0.15) is 11.1 Å². The van der Waals surface area contributed by atoms with E-state index in [1.807, 2.05) is 23.1 Å². The van der Waals surface area contributed by atoms with Crippen molar-refractivity contribution in [2.75, 3.05) is 44.7 Å². The molecule has 172 valence electrons. The predicted molar refractivity (Wildman–Crippen MR) is 117 cm³/mol. The number of halogens is 3. The molecule has 0 radical (unpaired) electrons. The maximum Gasteiger partial charge on any atom is 0.416 e. The number of alkyl halides is 3. The molecule has 0 bridgehead atoms. The van der Waals surface area contributed by atoms with Gasteiger partial charge in [-0.15, -0.1) is 0 Å². The van der Waals surface area contributed by atoms with Crippen molar-refractivity contribution in [3.63, 3.8) is 0 Å². The molecular weight excluding hydrogens is 423 g/mol. The molecule has 1 aliphatic heterocycles. The maximum atomic E-state index is 13.0. The monoisotopic (exact) mass is 449 g/mol. The average molecular weight is 449 g/mol. The minimum atomic E-state index is -4.36. The first-order valence-electron chi connectivity index (χ1n) is 10.1. The standard InChI is InChI=1S/C22H26F3N5O2/c1-27-21(28-14-16-4-2-7-19(12-16)32-15-20(26)31)30-10-8-29(9-11-30)18-6-3-5-17(13-18)22(23,24)25/h2-7,12-13H,8-11,14-15H2,1H3,(H2,26,31)(H,27,28). The van der Waals surface area contributed by atoms with E-state index in [9.17, 15) is 18.0 Å². The van der Waals surface area contributed by atoms with Gasteiger partial charge in [-0.25, -0.2) is 0 Å². The summed E-state index contributed by atoms with van der Waals surface area (Å²) >= 11 is 0. The number of rotatable bonds is 6. The Morgan fingerprint density at radius 2 is 1.84 bits per heavy atom. The lowest BCUT2D eigenvalue weighted by molar-refractivity contribution is -0.137. The molecule has 1 heterocycles. The molecular formula is C22H26F3N5O2. The van der Waals surface area contributed by atoms with Crippen LogP contribution in [0.15, 0.2) is 53.5 Å². The highest BCUT2D eigenvalue weighted by molar-refractivity contribution is 5.80. The molecule has 1 fully saturated rings. The number of hydrogen-bond donors (Lipinski definition) is 2. The van der Waals surface area contributed by atoms with Gasteiger partial charge in [0.05, 0.1) is 5.56 Å². The maximum absolute atomic E-state index is 13.0. The van der Waals surface area contributed by atoms with Crippen molar-refractivity contribution in [3.8, 4) is 5.75 Å². The normalized spacial score (nSPS) is 14.9. The van der Waals surface area contributed by atoms with Crippen LogP contribution in [0.25, 0.3) is 0 Å². The zero-order chi connectivity index (χ0) is 23.1.